The van der Waals surface area contributed by atoms with Crippen molar-refractivity contribution < 1.29 is 0 Å². The van der Waals surface area contributed by atoms with E-state index in [0.29, 0.717) is 0 Å². The molecule has 3 rings (SSSR count). The molecule has 0 aliphatic carbocycles. The smallest absolute Gasteiger partial charge is 0.199 e. The van der Waals surface area contributed by atoms with Crippen LogP contribution in [-0.4, -0.2) is 29.3 Å². The van der Waals surface area contributed by atoms with Crippen LogP contribution in [0.15, 0.2) is 36.9 Å². The largest absolute Gasteiger partial charge is 0.331 e. The summed E-state index contributed by atoms with van der Waals surface area (Å²) in [4.78, 5) is 13.2. The van der Waals surface area contributed by atoms with Gasteiger partial charge in [0, 0.05) is 32.1 Å². The molecule has 3 aromatic heterocycles. The number of rotatable bonds is 5. The zero-order valence-electron chi connectivity index (χ0n) is 12.3. The van der Waals surface area contributed by atoms with E-state index in [4.69, 9.17) is 0 Å². The zero-order chi connectivity index (χ0) is 14.7. The Labute approximate surface area is 123 Å². The SMILES string of the molecule is CCCCc1nc(-c2nccn2C)n(-c2cccnc2)n1. The van der Waals surface area contributed by atoms with Crippen LogP contribution in [0.1, 0.15) is 25.6 Å². The fourth-order valence-corrected chi connectivity index (χ4v) is 2.18. The van der Waals surface area contributed by atoms with Crippen molar-refractivity contribution in [3.05, 3.63) is 42.7 Å². The average molecular weight is 282 g/mol. The van der Waals surface area contributed by atoms with E-state index in [1.807, 2.05) is 34.6 Å². The molecule has 0 radical (unpaired) electrons. The third-order valence-electron chi connectivity index (χ3n) is 3.32. The molecule has 0 bridgehead atoms. The highest BCUT2D eigenvalue weighted by molar-refractivity contribution is 5.49. The van der Waals surface area contributed by atoms with Crippen LogP contribution >= 0.6 is 0 Å². The minimum absolute atomic E-state index is 0.751. The Morgan fingerprint density at radius 1 is 1.19 bits per heavy atom. The Morgan fingerprint density at radius 2 is 2.10 bits per heavy atom. The van der Waals surface area contributed by atoms with E-state index in [9.17, 15) is 0 Å². The van der Waals surface area contributed by atoms with E-state index in [-0.39, 0.29) is 0 Å². The summed E-state index contributed by atoms with van der Waals surface area (Å²) < 4.78 is 3.76. The first-order valence-electron chi connectivity index (χ1n) is 7.13. The Morgan fingerprint density at radius 3 is 2.76 bits per heavy atom. The molecule has 0 N–H and O–H groups in total. The summed E-state index contributed by atoms with van der Waals surface area (Å²) in [5.41, 5.74) is 0.894. The molecular formula is C15H18N6. The molecule has 21 heavy (non-hydrogen) atoms. The van der Waals surface area contributed by atoms with Gasteiger partial charge in [0.2, 0.25) is 0 Å². The van der Waals surface area contributed by atoms with E-state index in [0.717, 1.165) is 42.4 Å². The summed E-state index contributed by atoms with van der Waals surface area (Å²) in [5, 5.41) is 4.63. The maximum absolute atomic E-state index is 4.67. The van der Waals surface area contributed by atoms with E-state index in [1.165, 1.54) is 0 Å². The molecular weight excluding hydrogens is 264 g/mol. The van der Waals surface area contributed by atoms with Crippen molar-refractivity contribution in [1.82, 2.24) is 29.3 Å². The molecule has 0 aliphatic heterocycles. The van der Waals surface area contributed by atoms with Crippen molar-refractivity contribution in [2.75, 3.05) is 0 Å². The van der Waals surface area contributed by atoms with Crippen LogP contribution in [0.25, 0.3) is 17.3 Å². The molecule has 3 aromatic rings. The monoisotopic (exact) mass is 282 g/mol. The van der Waals surface area contributed by atoms with E-state index in [1.54, 1.807) is 18.6 Å². The molecule has 0 saturated carbocycles. The Balaban J connectivity index is 2.08. The van der Waals surface area contributed by atoms with Crippen molar-refractivity contribution in [2.45, 2.75) is 26.2 Å². The van der Waals surface area contributed by atoms with E-state index < -0.39 is 0 Å². The lowest BCUT2D eigenvalue weighted by Gasteiger charge is -2.04. The second kappa shape index (κ2) is 5.87. The second-order valence-electron chi connectivity index (χ2n) is 4.94. The van der Waals surface area contributed by atoms with Gasteiger partial charge in [-0.05, 0) is 18.6 Å². The van der Waals surface area contributed by atoms with E-state index in [2.05, 4.69) is 27.0 Å². The van der Waals surface area contributed by atoms with Gasteiger partial charge in [0.15, 0.2) is 17.5 Å². The molecule has 0 fully saturated rings. The van der Waals surface area contributed by atoms with Gasteiger partial charge in [-0.1, -0.05) is 13.3 Å². The van der Waals surface area contributed by atoms with Gasteiger partial charge in [-0.3, -0.25) is 4.98 Å². The number of aromatic nitrogens is 6. The molecule has 0 amide bonds. The van der Waals surface area contributed by atoms with Crippen LogP contribution in [-0.2, 0) is 13.5 Å². The highest BCUT2D eigenvalue weighted by Gasteiger charge is 2.16. The van der Waals surface area contributed by atoms with Crippen molar-refractivity contribution in [3.8, 4) is 17.3 Å². The molecule has 108 valence electrons. The molecule has 0 aliphatic rings. The van der Waals surface area contributed by atoms with Gasteiger partial charge < -0.3 is 4.57 Å². The van der Waals surface area contributed by atoms with Crippen molar-refractivity contribution in [1.29, 1.82) is 0 Å². The number of aryl methyl sites for hydroxylation is 2. The molecule has 0 atom stereocenters. The predicted octanol–water partition coefficient (Wildman–Crippen LogP) is 2.41. The lowest BCUT2D eigenvalue weighted by molar-refractivity contribution is 0.741. The summed E-state index contributed by atoms with van der Waals surface area (Å²) in [6, 6.07) is 3.86. The van der Waals surface area contributed by atoms with Crippen LogP contribution in [0.2, 0.25) is 0 Å². The number of hydrogen-bond donors (Lipinski definition) is 0. The van der Waals surface area contributed by atoms with Gasteiger partial charge in [0.25, 0.3) is 0 Å². The number of nitrogens with zero attached hydrogens (tertiary/aromatic N) is 6. The van der Waals surface area contributed by atoms with Gasteiger partial charge >= 0.3 is 0 Å². The molecule has 3 heterocycles. The van der Waals surface area contributed by atoms with Gasteiger partial charge in [0.05, 0.1) is 11.9 Å². The lowest BCUT2D eigenvalue weighted by Crippen LogP contribution is -2.03. The van der Waals surface area contributed by atoms with Crippen molar-refractivity contribution >= 4 is 0 Å². The quantitative estimate of drug-likeness (QED) is 0.721. The van der Waals surface area contributed by atoms with E-state index >= 15 is 0 Å². The van der Waals surface area contributed by atoms with Crippen LogP contribution in [0, 0.1) is 0 Å². The number of pyridine rings is 1. The molecule has 0 saturated heterocycles. The minimum atomic E-state index is 0.751. The fraction of sp³-hybridized carbons (Fsp3) is 0.333. The fourth-order valence-electron chi connectivity index (χ4n) is 2.18. The van der Waals surface area contributed by atoms with Gasteiger partial charge in [-0.15, -0.1) is 0 Å². The van der Waals surface area contributed by atoms with Crippen LogP contribution in [0.3, 0.4) is 0 Å². The first-order chi connectivity index (χ1) is 10.3. The molecule has 6 heteroatoms. The number of unbranched alkanes of at least 4 members (excludes halogenated alkanes) is 1. The first-order valence-corrected chi connectivity index (χ1v) is 7.13. The number of hydrogen-bond acceptors (Lipinski definition) is 4. The third-order valence-corrected chi connectivity index (χ3v) is 3.32. The maximum atomic E-state index is 4.67. The van der Waals surface area contributed by atoms with Crippen LogP contribution < -0.4 is 0 Å². The van der Waals surface area contributed by atoms with Crippen LogP contribution in [0.4, 0.5) is 0 Å². The highest BCUT2D eigenvalue weighted by Crippen LogP contribution is 2.19. The number of imidazole rings is 1. The van der Waals surface area contributed by atoms with Crippen molar-refractivity contribution in [3.63, 3.8) is 0 Å². The molecule has 6 nitrogen and oxygen atoms in total. The highest BCUT2D eigenvalue weighted by atomic mass is 15.4. The normalized spacial score (nSPS) is 11.0. The van der Waals surface area contributed by atoms with Crippen molar-refractivity contribution in [2.24, 2.45) is 7.05 Å². The standard InChI is InChI=1S/C15H18N6/c1-3-4-7-13-18-15(14-17-9-10-20(14)2)21(19-13)12-6-5-8-16-11-12/h5-6,8-11H,3-4,7H2,1-2H3. The maximum Gasteiger partial charge on any atom is 0.199 e. The summed E-state index contributed by atoms with van der Waals surface area (Å²) in [7, 11) is 1.95. The second-order valence-corrected chi connectivity index (χ2v) is 4.94. The summed E-state index contributed by atoms with van der Waals surface area (Å²) >= 11 is 0. The van der Waals surface area contributed by atoms with Gasteiger partial charge in [-0.2, -0.15) is 5.10 Å². The predicted molar refractivity (Wildman–Crippen MR) is 80.0 cm³/mol. The summed E-state index contributed by atoms with van der Waals surface area (Å²) in [6.07, 6.45) is 10.3. The first kappa shape index (κ1) is 13.5. The molecule has 0 spiro atoms. The Hall–Kier alpha value is -2.50. The molecule has 0 aromatic carbocycles. The topological polar surface area (TPSA) is 61.4 Å². The Bertz CT molecular complexity index is 713. The lowest BCUT2D eigenvalue weighted by atomic mass is 10.2. The summed E-state index contributed by atoms with van der Waals surface area (Å²) in [5.74, 6) is 2.40. The summed E-state index contributed by atoms with van der Waals surface area (Å²) in [6.45, 7) is 2.16. The minimum Gasteiger partial charge on any atom is -0.331 e. The zero-order valence-corrected chi connectivity index (χ0v) is 12.3. The molecule has 0 unspecified atom stereocenters. The Kier molecular flexibility index (Phi) is 3.77. The van der Waals surface area contributed by atoms with Crippen LogP contribution in [0.5, 0.6) is 0 Å². The third kappa shape index (κ3) is 2.69. The average Bonchev–Trinajstić information content (AvgIpc) is 3.12. The van der Waals surface area contributed by atoms with Gasteiger partial charge in [-0.25, -0.2) is 14.6 Å². The van der Waals surface area contributed by atoms with Gasteiger partial charge in [0.1, 0.15) is 0 Å².